The molecule has 19 heavy (non-hydrogen) atoms. The summed E-state index contributed by atoms with van der Waals surface area (Å²) in [6.45, 7) is 0. The number of nitrogens with zero attached hydrogens (tertiary/aromatic N) is 2. The second kappa shape index (κ2) is 5.30. The molecular weight excluding hydrogens is 375 g/mol. The summed E-state index contributed by atoms with van der Waals surface area (Å²) in [5, 5.41) is 1.30. The Hall–Kier alpha value is -1.40. The number of hydrogen-bond acceptors (Lipinski definition) is 3. The van der Waals surface area contributed by atoms with Gasteiger partial charge in [0.1, 0.15) is 9.45 Å². The Morgan fingerprint density at radius 2 is 1.84 bits per heavy atom. The van der Waals surface area contributed by atoms with Gasteiger partial charge in [-0.05, 0) is 52.9 Å². The lowest BCUT2D eigenvalue weighted by Crippen LogP contribution is -1.90. The molecule has 0 N–H and O–H groups in total. The largest absolute Gasteiger partial charge is 0.453 e. The van der Waals surface area contributed by atoms with Crippen molar-refractivity contribution in [3.63, 3.8) is 0 Å². The minimum atomic E-state index is 0.354. The van der Waals surface area contributed by atoms with Gasteiger partial charge in [-0.25, -0.2) is 4.98 Å². The Morgan fingerprint density at radius 1 is 1.00 bits per heavy atom. The first kappa shape index (κ1) is 12.6. The maximum Gasteiger partial charge on any atom is 0.172 e. The third-order valence-corrected chi connectivity index (χ3v) is 3.48. The van der Waals surface area contributed by atoms with Gasteiger partial charge in [-0.1, -0.05) is 23.7 Å². The highest BCUT2D eigenvalue weighted by Gasteiger charge is 2.08. The van der Waals surface area contributed by atoms with Crippen molar-refractivity contribution >= 4 is 45.1 Å². The molecule has 0 radical (unpaired) electrons. The molecule has 0 atom stereocenters. The van der Waals surface area contributed by atoms with Gasteiger partial charge in [0, 0.05) is 11.6 Å². The molecule has 5 heteroatoms. The molecule has 1 aromatic carbocycles. The molecule has 3 aromatic rings. The van der Waals surface area contributed by atoms with E-state index in [4.69, 9.17) is 16.3 Å². The van der Waals surface area contributed by atoms with Gasteiger partial charge in [0.25, 0.3) is 0 Å². The molecule has 0 aliphatic carbocycles. The average Bonchev–Trinajstić information content (AvgIpc) is 2.42. The molecule has 0 saturated carbocycles. The van der Waals surface area contributed by atoms with Crippen LogP contribution in [0.15, 0.2) is 48.7 Å². The van der Waals surface area contributed by atoms with Crippen LogP contribution in [0.5, 0.6) is 11.5 Å². The van der Waals surface area contributed by atoms with Crippen LogP contribution in [0.1, 0.15) is 0 Å². The predicted octanol–water partition coefficient (Wildman–Crippen LogP) is 4.68. The van der Waals surface area contributed by atoms with Crippen molar-refractivity contribution in [3.8, 4) is 11.5 Å². The van der Waals surface area contributed by atoms with Crippen molar-refractivity contribution in [1.29, 1.82) is 0 Å². The molecule has 3 nitrogen and oxygen atoms in total. The van der Waals surface area contributed by atoms with Gasteiger partial charge in [-0.15, -0.1) is 0 Å². The van der Waals surface area contributed by atoms with Crippen LogP contribution in [-0.4, -0.2) is 9.97 Å². The minimum absolute atomic E-state index is 0.354. The zero-order chi connectivity index (χ0) is 13.2. The number of aromatic nitrogens is 2. The predicted molar refractivity (Wildman–Crippen MR) is 83.8 cm³/mol. The fraction of sp³-hybridized carbons (Fsp3) is 0. The van der Waals surface area contributed by atoms with Crippen molar-refractivity contribution < 1.29 is 4.74 Å². The van der Waals surface area contributed by atoms with E-state index in [1.54, 1.807) is 6.20 Å². The van der Waals surface area contributed by atoms with E-state index < -0.39 is 0 Å². The van der Waals surface area contributed by atoms with E-state index in [9.17, 15) is 0 Å². The molecule has 94 valence electrons. The van der Waals surface area contributed by atoms with Crippen molar-refractivity contribution in [2.24, 2.45) is 0 Å². The Bertz CT molecular complexity index is 743. The van der Waals surface area contributed by atoms with Crippen LogP contribution in [0.4, 0.5) is 0 Å². The number of ether oxygens (including phenoxy) is 1. The number of fused-ring (bicyclic) bond motifs is 1. The highest BCUT2D eigenvalue weighted by Crippen LogP contribution is 2.32. The number of halogens is 2. The van der Waals surface area contributed by atoms with Gasteiger partial charge in [-0.3, -0.25) is 4.98 Å². The molecule has 0 unspecified atom stereocenters. The highest BCUT2D eigenvalue weighted by molar-refractivity contribution is 14.1. The van der Waals surface area contributed by atoms with Crippen LogP contribution in [-0.2, 0) is 0 Å². The normalized spacial score (nSPS) is 10.6. The van der Waals surface area contributed by atoms with E-state index in [-0.39, 0.29) is 0 Å². The first-order chi connectivity index (χ1) is 9.24. The summed E-state index contributed by atoms with van der Waals surface area (Å²) in [5.74, 6) is 1.26. The standard InChI is InChI=1S/C14H8ClIN2O/c15-14-12(5-6-13(16)18-14)19-11-7-8-17-10-4-2-1-3-9(10)11/h1-8H. The number of hydrogen-bond donors (Lipinski definition) is 0. The van der Waals surface area contributed by atoms with Crippen LogP contribution in [0.25, 0.3) is 10.9 Å². The smallest absolute Gasteiger partial charge is 0.172 e. The molecule has 2 aromatic heterocycles. The lowest BCUT2D eigenvalue weighted by Gasteiger charge is -2.09. The van der Waals surface area contributed by atoms with Gasteiger partial charge < -0.3 is 4.74 Å². The molecule has 0 aliphatic rings. The van der Waals surface area contributed by atoms with E-state index >= 15 is 0 Å². The van der Waals surface area contributed by atoms with Crippen molar-refractivity contribution in [2.75, 3.05) is 0 Å². The second-order valence-electron chi connectivity index (χ2n) is 3.85. The summed E-state index contributed by atoms with van der Waals surface area (Å²) in [6.07, 6.45) is 1.71. The number of para-hydroxylation sites is 1. The number of rotatable bonds is 2. The van der Waals surface area contributed by atoms with E-state index in [0.29, 0.717) is 10.9 Å². The summed E-state index contributed by atoms with van der Waals surface area (Å²) in [7, 11) is 0. The summed E-state index contributed by atoms with van der Waals surface area (Å²) in [5.41, 5.74) is 0.884. The number of pyridine rings is 2. The monoisotopic (exact) mass is 382 g/mol. The first-order valence-electron chi connectivity index (χ1n) is 5.58. The van der Waals surface area contributed by atoms with Gasteiger partial charge in [0.05, 0.1) is 5.52 Å². The SMILES string of the molecule is Clc1nc(I)ccc1Oc1ccnc2ccccc12. The van der Waals surface area contributed by atoms with Crippen molar-refractivity contribution in [3.05, 3.63) is 57.5 Å². The zero-order valence-electron chi connectivity index (χ0n) is 9.68. The second-order valence-corrected chi connectivity index (χ2v) is 5.31. The first-order valence-corrected chi connectivity index (χ1v) is 7.03. The summed E-state index contributed by atoms with van der Waals surface area (Å²) in [6, 6.07) is 13.3. The van der Waals surface area contributed by atoms with Crippen LogP contribution in [0.2, 0.25) is 5.15 Å². The molecule has 0 fully saturated rings. The Morgan fingerprint density at radius 3 is 2.68 bits per heavy atom. The minimum Gasteiger partial charge on any atom is -0.453 e. The molecule has 0 amide bonds. The van der Waals surface area contributed by atoms with Gasteiger partial charge in [0.15, 0.2) is 10.9 Å². The lowest BCUT2D eigenvalue weighted by molar-refractivity contribution is 0.485. The zero-order valence-corrected chi connectivity index (χ0v) is 12.6. The summed E-state index contributed by atoms with van der Waals surface area (Å²) >= 11 is 8.18. The summed E-state index contributed by atoms with van der Waals surface area (Å²) in [4.78, 5) is 8.45. The Labute approximate surface area is 128 Å². The van der Waals surface area contributed by atoms with Crippen LogP contribution in [0, 0.1) is 3.70 Å². The van der Waals surface area contributed by atoms with Crippen molar-refractivity contribution in [2.45, 2.75) is 0 Å². The third kappa shape index (κ3) is 2.64. The fourth-order valence-electron chi connectivity index (χ4n) is 1.75. The Balaban J connectivity index is 2.06. The van der Waals surface area contributed by atoms with Crippen LogP contribution >= 0.6 is 34.2 Å². The molecule has 2 heterocycles. The maximum absolute atomic E-state index is 6.07. The van der Waals surface area contributed by atoms with Gasteiger partial charge in [-0.2, -0.15) is 0 Å². The van der Waals surface area contributed by atoms with Gasteiger partial charge >= 0.3 is 0 Å². The molecule has 0 aliphatic heterocycles. The topological polar surface area (TPSA) is 35.0 Å². The van der Waals surface area contributed by atoms with E-state index in [1.807, 2.05) is 42.5 Å². The van der Waals surface area contributed by atoms with Crippen LogP contribution in [0.3, 0.4) is 0 Å². The molecule has 0 bridgehead atoms. The molecule has 0 saturated heterocycles. The highest BCUT2D eigenvalue weighted by atomic mass is 127. The van der Waals surface area contributed by atoms with Crippen LogP contribution < -0.4 is 4.74 Å². The fourth-order valence-corrected chi connectivity index (χ4v) is 2.51. The Kier molecular flexibility index (Phi) is 3.52. The molecule has 3 rings (SSSR count). The van der Waals surface area contributed by atoms with Gasteiger partial charge in [0.2, 0.25) is 0 Å². The lowest BCUT2D eigenvalue weighted by atomic mass is 10.2. The van der Waals surface area contributed by atoms with E-state index in [0.717, 1.165) is 20.4 Å². The molecular formula is C14H8ClIN2O. The quantitative estimate of drug-likeness (QED) is 0.477. The maximum atomic E-state index is 6.07. The third-order valence-electron chi connectivity index (χ3n) is 2.61. The molecule has 0 spiro atoms. The summed E-state index contributed by atoms with van der Waals surface area (Å²) < 4.78 is 6.67. The van der Waals surface area contributed by atoms with E-state index in [2.05, 4.69) is 32.6 Å². The van der Waals surface area contributed by atoms with Crippen molar-refractivity contribution in [1.82, 2.24) is 9.97 Å². The number of benzene rings is 1. The van der Waals surface area contributed by atoms with E-state index in [1.165, 1.54) is 0 Å². The average molecular weight is 383 g/mol.